The molecule has 0 aliphatic heterocycles. The quantitative estimate of drug-likeness (QED) is 0.239. The molecule has 0 fully saturated rings. The SMILES string of the molecule is C=C(C)C(=O)OC(C)(O)C(O)C=Cc1ccc(CCCCCCCC)cc1. The number of hydrogen-bond donors (Lipinski definition) is 2. The third-order valence-corrected chi connectivity index (χ3v) is 4.47. The molecular weight excluding hydrogens is 340 g/mol. The van der Waals surface area contributed by atoms with Crippen molar-refractivity contribution in [1.82, 2.24) is 0 Å². The lowest BCUT2D eigenvalue weighted by molar-refractivity contribution is -0.225. The van der Waals surface area contributed by atoms with Crippen molar-refractivity contribution in [3.8, 4) is 0 Å². The van der Waals surface area contributed by atoms with Gasteiger partial charge in [-0.05, 0) is 37.0 Å². The molecule has 0 amide bonds. The summed E-state index contributed by atoms with van der Waals surface area (Å²) in [7, 11) is 0. The van der Waals surface area contributed by atoms with Gasteiger partial charge in [0.25, 0.3) is 0 Å². The van der Waals surface area contributed by atoms with Crippen LogP contribution in [0.15, 0.2) is 42.5 Å². The molecule has 0 aliphatic rings. The Labute approximate surface area is 163 Å². The van der Waals surface area contributed by atoms with E-state index in [9.17, 15) is 15.0 Å². The van der Waals surface area contributed by atoms with Crippen LogP contribution >= 0.6 is 0 Å². The lowest BCUT2D eigenvalue weighted by atomic mass is 10.0. The van der Waals surface area contributed by atoms with Gasteiger partial charge in [0.2, 0.25) is 5.79 Å². The van der Waals surface area contributed by atoms with E-state index in [0.29, 0.717) is 0 Å². The Morgan fingerprint density at radius 1 is 1.19 bits per heavy atom. The predicted octanol–water partition coefficient (Wildman–Crippen LogP) is 4.79. The fraction of sp³-hybridized carbons (Fsp3) is 0.522. The van der Waals surface area contributed by atoms with Gasteiger partial charge in [0.1, 0.15) is 6.10 Å². The zero-order valence-electron chi connectivity index (χ0n) is 16.9. The van der Waals surface area contributed by atoms with Gasteiger partial charge >= 0.3 is 5.97 Å². The Morgan fingerprint density at radius 2 is 1.78 bits per heavy atom. The Hall–Kier alpha value is -1.91. The normalized spacial score (nSPS) is 14.7. The molecule has 0 heterocycles. The molecule has 2 atom stereocenters. The van der Waals surface area contributed by atoms with E-state index in [1.165, 1.54) is 64.0 Å². The minimum absolute atomic E-state index is 0.160. The summed E-state index contributed by atoms with van der Waals surface area (Å²) >= 11 is 0. The van der Waals surface area contributed by atoms with Gasteiger partial charge < -0.3 is 14.9 Å². The number of carbonyl (C=O) groups excluding carboxylic acids is 1. The number of unbranched alkanes of at least 4 members (excludes halogenated alkanes) is 5. The maximum Gasteiger partial charge on any atom is 0.335 e. The molecule has 0 bridgehead atoms. The molecule has 150 valence electrons. The highest BCUT2D eigenvalue weighted by molar-refractivity contribution is 5.87. The van der Waals surface area contributed by atoms with Crippen LogP contribution in [0.5, 0.6) is 0 Å². The fourth-order valence-electron chi connectivity index (χ4n) is 2.62. The summed E-state index contributed by atoms with van der Waals surface area (Å²) in [4.78, 5) is 11.5. The zero-order valence-corrected chi connectivity index (χ0v) is 16.9. The lowest BCUT2D eigenvalue weighted by Crippen LogP contribution is -2.42. The fourth-order valence-corrected chi connectivity index (χ4v) is 2.62. The Bertz CT molecular complexity index is 614. The summed E-state index contributed by atoms with van der Waals surface area (Å²) in [6.45, 7) is 8.40. The second kappa shape index (κ2) is 11.7. The molecule has 4 nitrogen and oxygen atoms in total. The van der Waals surface area contributed by atoms with Crippen LogP contribution in [0.4, 0.5) is 0 Å². The highest BCUT2D eigenvalue weighted by Crippen LogP contribution is 2.17. The first-order valence-electron chi connectivity index (χ1n) is 9.82. The molecule has 0 aliphatic carbocycles. The van der Waals surface area contributed by atoms with E-state index in [2.05, 4.69) is 25.6 Å². The summed E-state index contributed by atoms with van der Waals surface area (Å²) < 4.78 is 4.86. The largest absolute Gasteiger partial charge is 0.427 e. The smallest absolute Gasteiger partial charge is 0.335 e. The van der Waals surface area contributed by atoms with Crippen molar-refractivity contribution in [1.29, 1.82) is 0 Å². The number of aliphatic hydroxyl groups excluding tert-OH is 1. The minimum atomic E-state index is -2.01. The maximum atomic E-state index is 11.5. The minimum Gasteiger partial charge on any atom is -0.427 e. The Kier molecular flexibility index (Phi) is 10.0. The maximum absolute atomic E-state index is 11.5. The second-order valence-corrected chi connectivity index (χ2v) is 7.29. The number of benzene rings is 1. The van der Waals surface area contributed by atoms with E-state index >= 15 is 0 Å². The van der Waals surface area contributed by atoms with Crippen LogP contribution in [0.2, 0.25) is 0 Å². The first-order chi connectivity index (χ1) is 12.8. The number of aryl methyl sites for hydroxylation is 1. The molecule has 27 heavy (non-hydrogen) atoms. The van der Waals surface area contributed by atoms with E-state index in [-0.39, 0.29) is 5.57 Å². The zero-order chi connectivity index (χ0) is 20.3. The van der Waals surface area contributed by atoms with E-state index in [4.69, 9.17) is 4.74 Å². The number of esters is 1. The second-order valence-electron chi connectivity index (χ2n) is 7.29. The topological polar surface area (TPSA) is 66.8 Å². The summed E-state index contributed by atoms with van der Waals surface area (Å²) in [5, 5.41) is 20.2. The van der Waals surface area contributed by atoms with Crippen LogP contribution in [0, 0.1) is 0 Å². The van der Waals surface area contributed by atoms with Crippen LogP contribution in [0.1, 0.15) is 70.4 Å². The predicted molar refractivity (Wildman–Crippen MR) is 110 cm³/mol. The highest BCUT2D eigenvalue weighted by Gasteiger charge is 2.33. The van der Waals surface area contributed by atoms with E-state index in [0.717, 1.165) is 12.0 Å². The van der Waals surface area contributed by atoms with Crippen molar-refractivity contribution in [3.63, 3.8) is 0 Å². The molecule has 0 radical (unpaired) electrons. The summed E-state index contributed by atoms with van der Waals surface area (Å²) in [5.74, 6) is -2.75. The highest BCUT2D eigenvalue weighted by atomic mass is 16.7. The van der Waals surface area contributed by atoms with Gasteiger partial charge in [0.15, 0.2) is 0 Å². The van der Waals surface area contributed by atoms with Crippen LogP contribution in [0.3, 0.4) is 0 Å². The van der Waals surface area contributed by atoms with Crippen molar-refractivity contribution in [2.75, 3.05) is 0 Å². The van der Waals surface area contributed by atoms with Crippen LogP contribution in [-0.4, -0.2) is 28.1 Å². The van der Waals surface area contributed by atoms with Crippen molar-refractivity contribution in [2.24, 2.45) is 0 Å². The lowest BCUT2D eigenvalue weighted by Gasteiger charge is -2.26. The molecule has 4 heteroatoms. The molecule has 0 aromatic heterocycles. The third kappa shape index (κ3) is 9.03. The first kappa shape index (κ1) is 23.1. The molecule has 1 aromatic rings. The van der Waals surface area contributed by atoms with Crippen LogP contribution in [-0.2, 0) is 16.0 Å². The van der Waals surface area contributed by atoms with Crippen molar-refractivity contribution in [3.05, 3.63) is 53.6 Å². The summed E-state index contributed by atoms with van der Waals surface area (Å²) in [6.07, 6.45) is 10.5. The van der Waals surface area contributed by atoms with Gasteiger partial charge in [-0.2, -0.15) is 0 Å². The molecule has 2 unspecified atom stereocenters. The number of aliphatic hydroxyl groups is 2. The monoisotopic (exact) mass is 374 g/mol. The Morgan fingerprint density at radius 3 is 2.37 bits per heavy atom. The summed E-state index contributed by atoms with van der Waals surface area (Å²) in [5.41, 5.74) is 2.36. The van der Waals surface area contributed by atoms with E-state index < -0.39 is 17.9 Å². The molecule has 0 saturated carbocycles. The van der Waals surface area contributed by atoms with Crippen molar-refractivity contribution < 1.29 is 19.7 Å². The van der Waals surface area contributed by atoms with Gasteiger partial charge in [-0.15, -0.1) is 0 Å². The van der Waals surface area contributed by atoms with Gasteiger partial charge in [0.05, 0.1) is 0 Å². The van der Waals surface area contributed by atoms with Gasteiger partial charge in [-0.3, -0.25) is 0 Å². The van der Waals surface area contributed by atoms with Crippen molar-refractivity contribution >= 4 is 12.0 Å². The van der Waals surface area contributed by atoms with E-state index in [1.54, 1.807) is 6.08 Å². The van der Waals surface area contributed by atoms with E-state index in [1.807, 2.05) is 12.1 Å². The van der Waals surface area contributed by atoms with Gasteiger partial charge in [-0.1, -0.05) is 75.9 Å². The molecule has 1 aromatic carbocycles. The first-order valence-corrected chi connectivity index (χ1v) is 9.82. The summed E-state index contributed by atoms with van der Waals surface area (Å²) in [6, 6.07) is 8.11. The number of carbonyl (C=O) groups is 1. The molecule has 0 saturated heterocycles. The standard InChI is InChI=1S/C23H34O4/c1-5-6-7-8-9-10-11-19-12-14-20(15-13-19)16-17-21(24)23(4,26)27-22(25)18(2)3/h12-17,21,24,26H,2,5-11H2,1,3-4H3. The molecule has 0 spiro atoms. The number of hydrogen-bond acceptors (Lipinski definition) is 4. The van der Waals surface area contributed by atoms with Crippen LogP contribution in [0.25, 0.3) is 6.08 Å². The average Bonchev–Trinajstić information content (AvgIpc) is 2.63. The average molecular weight is 375 g/mol. The van der Waals surface area contributed by atoms with Crippen LogP contribution < -0.4 is 0 Å². The molecule has 1 rings (SSSR count). The van der Waals surface area contributed by atoms with Gasteiger partial charge in [-0.25, -0.2) is 4.79 Å². The molecule has 2 N–H and O–H groups in total. The number of ether oxygens (including phenoxy) is 1. The Balaban J connectivity index is 2.49. The third-order valence-electron chi connectivity index (χ3n) is 4.47. The molecular formula is C23H34O4. The number of rotatable bonds is 12. The van der Waals surface area contributed by atoms with Gasteiger partial charge in [0, 0.05) is 12.5 Å². The van der Waals surface area contributed by atoms with Crippen molar-refractivity contribution in [2.45, 2.75) is 77.6 Å².